The number of benzene rings is 2. The Morgan fingerprint density at radius 3 is 2.54 bits per heavy atom. The maximum atomic E-state index is 10.7. The zero-order valence-corrected chi connectivity index (χ0v) is 22.1. The van der Waals surface area contributed by atoms with E-state index in [1.807, 2.05) is 30.6 Å². The van der Waals surface area contributed by atoms with Gasteiger partial charge in [-0.25, -0.2) is 9.97 Å². The monoisotopic (exact) mass is 516 g/mol. The average molecular weight is 517 g/mol. The third-order valence-electron chi connectivity index (χ3n) is 7.80. The Hall–Kier alpha value is -3.00. The first-order chi connectivity index (χ1) is 17.9. The topological polar surface area (TPSA) is 79.1 Å². The number of hydrogen-bond acceptors (Lipinski definition) is 6. The maximum absolute atomic E-state index is 10.7. The maximum Gasteiger partial charge on any atom is 0.227 e. The van der Waals surface area contributed by atoms with E-state index in [4.69, 9.17) is 16.6 Å². The zero-order valence-electron chi connectivity index (χ0n) is 21.4. The standard InChI is InChI=1S/C29H33ClN6O/c1-18-3-5-21(6-4-18)28(37)17-35-11-9-20(10-12-35)24-14-26-22(13-25(24)30)15-31-29(33-26)34-27-16-32-36(19(27)2)23-7-8-23/h3-6,13-16,20,23,28,37H,7-12,17H2,1-2H3,(H,31,33,34)/t28-/m1/s1. The van der Waals surface area contributed by atoms with Crippen LogP contribution in [0.15, 0.2) is 48.8 Å². The summed E-state index contributed by atoms with van der Waals surface area (Å²) in [6.45, 7) is 6.66. The van der Waals surface area contributed by atoms with Crippen molar-refractivity contribution in [2.75, 3.05) is 25.0 Å². The molecule has 2 N–H and O–H groups in total. The molecule has 7 nitrogen and oxygen atoms in total. The van der Waals surface area contributed by atoms with Gasteiger partial charge in [0.15, 0.2) is 0 Å². The first-order valence-electron chi connectivity index (χ1n) is 13.2. The number of halogens is 1. The Kier molecular flexibility index (Phi) is 6.61. The van der Waals surface area contributed by atoms with Crippen molar-refractivity contribution in [3.05, 3.63) is 76.2 Å². The van der Waals surface area contributed by atoms with E-state index >= 15 is 0 Å². The summed E-state index contributed by atoms with van der Waals surface area (Å²) in [5.74, 6) is 0.939. The van der Waals surface area contributed by atoms with E-state index in [0.29, 0.717) is 24.5 Å². The van der Waals surface area contributed by atoms with Gasteiger partial charge in [-0.2, -0.15) is 5.10 Å². The summed E-state index contributed by atoms with van der Waals surface area (Å²) < 4.78 is 2.09. The summed E-state index contributed by atoms with van der Waals surface area (Å²) in [6.07, 6.45) is 7.62. The molecule has 1 aliphatic carbocycles. The fraction of sp³-hybridized carbons (Fsp3) is 0.414. The Bertz CT molecular complexity index is 1410. The number of fused-ring (bicyclic) bond motifs is 1. The molecule has 1 atom stereocenters. The van der Waals surface area contributed by atoms with E-state index < -0.39 is 6.10 Å². The zero-order chi connectivity index (χ0) is 25.5. The molecular weight excluding hydrogens is 484 g/mol. The van der Waals surface area contributed by atoms with Crippen molar-refractivity contribution in [3.8, 4) is 0 Å². The Morgan fingerprint density at radius 2 is 1.81 bits per heavy atom. The lowest BCUT2D eigenvalue weighted by Gasteiger charge is -2.33. The van der Waals surface area contributed by atoms with E-state index in [1.54, 1.807) is 0 Å². The van der Waals surface area contributed by atoms with Crippen LogP contribution in [0.4, 0.5) is 11.6 Å². The number of aromatic nitrogens is 4. The second kappa shape index (κ2) is 10.0. The van der Waals surface area contributed by atoms with Crippen LogP contribution in [-0.2, 0) is 0 Å². The predicted octanol–water partition coefficient (Wildman–Crippen LogP) is 6.09. The molecule has 0 unspecified atom stereocenters. The molecule has 1 saturated carbocycles. The number of nitrogens with zero attached hydrogens (tertiary/aromatic N) is 5. The number of aliphatic hydroxyl groups is 1. The highest BCUT2D eigenvalue weighted by Gasteiger charge is 2.27. The molecule has 1 saturated heterocycles. The molecular formula is C29H33ClN6O. The van der Waals surface area contributed by atoms with Gasteiger partial charge in [-0.1, -0.05) is 41.4 Å². The number of anilines is 2. The molecule has 2 aromatic carbocycles. The summed E-state index contributed by atoms with van der Waals surface area (Å²) >= 11 is 6.74. The van der Waals surface area contributed by atoms with Gasteiger partial charge in [-0.3, -0.25) is 4.68 Å². The van der Waals surface area contributed by atoms with Gasteiger partial charge in [-0.05, 0) is 81.8 Å². The Balaban J connectivity index is 1.14. The van der Waals surface area contributed by atoms with Gasteiger partial charge in [0.1, 0.15) is 0 Å². The van der Waals surface area contributed by atoms with Gasteiger partial charge >= 0.3 is 0 Å². The van der Waals surface area contributed by atoms with Gasteiger partial charge < -0.3 is 15.3 Å². The minimum Gasteiger partial charge on any atom is -0.387 e. The van der Waals surface area contributed by atoms with E-state index in [1.165, 1.54) is 18.4 Å². The second-order valence-electron chi connectivity index (χ2n) is 10.6. The van der Waals surface area contributed by atoms with Gasteiger partial charge in [-0.15, -0.1) is 0 Å². The molecule has 2 fully saturated rings. The molecule has 0 amide bonds. The van der Waals surface area contributed by atoms with Crippen molar-refractivity contribution in [2.45, 2.75) is 57.6 Å². The van der Waals surface area contributed by atoms with Gasteiger partial charge in [0.2, 0.25) is 5.95 Å². The van der Waals surface area contributed by atoms with Crippen LogP contribution in [0, 0.1) is 13.8 Å². The highest BCUT2D eigenvalue weighted by Crippen LogP contribution is 2.38. The van der Waals surface area contributed by atoms with Crippen LogP contribution >= 0.6 is 11.6 Å². The quantitative estimate of drug-likeness (QED) is 0.309. The smallest absolute Gasteiger partial charge is 0.227 e. The molecule has 0 radical (unpaired) electrons. The summed E-state index contributed by atoms with van der Waals surface area (Å²) in [4.78, 5) is 11.7. The van der Waals surface area contributed by atoms with E-state index in [0.717, 1.165) is 64.4 Å². The number of β-amino-alcohol motifs (C(OH)–C–C–N with tert-alkyl or cyclic N) is 1. The van der Waals surface area contributed by atoms with Crippen LogP contribution in [-0.4, -0.2) is 49.4 Å². The summed E-state index contributed by atoms with van der Waals surface area (Å²) in [7, 11) is 0. The predicted molar refractivity (Wildman–Crippen MR) is 148 cm³/mol. The summed E-state index contributed by atoms with van der Waals surface area (Å²) in [5, 5.41) is 20.3. The van der Waals surface area contributed by atoms with E-state index in [2.05, 4.69) is 57.0 Å². The largest absolute Gasteiger partial charge is 0.387 e. The van der Waals surface area contributed by atoms with Crippen molar-refractivity contribution in [1.82, 2.24) is 24.6 Å². The van der Waals surface area contributed by atoms with E-state index in [9.17, 15) is 5.11 Å². The van der Waals surface area contributed by atoms with Crippen molar-refractivity contribution >= 4 is 34.1 Å². The fourth-order valence-corrected chi connectivity index (χ4v) is 5.69. The van der Waals surface area contributed by atoms with Gasteiger partial charge in [0.25, 0.3) is 0 Å². The molecule has 0 bridgehead atoms. The molecule has 8 heteroatoms. The molecule has 37 heavy (non-hydrogen) atoms. The molecule has 6 rings (SSSR count). The molecule has 4 aromatic rings. The minimum atomic E-state index is -0.468. The number of aryl methyl sites for hydroxylation is 1. The van der Waals surface area contributed by atoms with Crippen molar-refractivity contribution < 1.29 is 5.11 Å². The average Bonchev–Trinajstić information content (AvgIpc) is 3.68. The highest BCUT2D eigenvalue weighted by molar-refractivity contribution is 6.32. The molecule has 2 aliphatic rings. The van der Waals surface area contributed by atoms with Crippen LogP contribution in [0.1, 0.15) is 66.1 Å². The number of rotatable bonds is 7. The Labute approximate surface area is 222 Å². The SMILES string of the molecule is Cc1ccc([C@H](O)CN2CCC(c3cc4nc(Nc5cnn(C6CC6)c5C)ncc4cc3Cl)CC2)cc1. The lowest BCUT2D eigenvalue weighted by molar-refractivity contribution is 0.0973. The number of nitrogens with one attached hydrogen (secondary N) is 1. The van der Waals surface area contributed by atoms with Crippen LogP contribution in [0.5, 0.6) is 0 Å². The molecule has 2 aromatic heterocycles. The van der Waals surface area contributed by atoms with Crippen LogP contribution in [0.2, 0.25) is 5.02 Å². The number of likely N-dealkylation sites (tertiary alicyclic amines) is 1. The lowest BCUT2D eigenvalue weighted by atomic mass is 9.88. The van der Waals surface area contributed by atoms with Crippen molar-refractivity contribution in [2.24, 2.45) is 0 Å². The minimum absolute atomic E-state index is 0.370. The van der Waals surface area contributed by atoms with Crippen LogP contribution in [0.25, 0.3) is 10.9 Å². The van der Waals surface area contributed by atoms with Gasteiger partial charge in [0.05, 0.1) is 35.2 Å². The van der Waals surface area contributed by atoms with Crippen molar-refractivity contribution in [1.29, 1.82) is 0 Å². The Morgan fingerprint density at radius 1 is 1.05 bits per heavy atom. The third kappa shape index (κ3) is 5.21. The van der Waals surface area contributed by atoms with Gasteiger partial charge in [0, 0.05) is 23.2 Å². The second-order valence-corrected chi connectivity index (χ2v) is 11.0. The normalized spacial score (nSPS) is 17.8. The third-order valence-corrected chi connectivity index (χ3v) is 8.13. The van der Waals surface area contributed by atoms with Crippen LogP contribution in [0.3, 0.4) is 0 Å². The molecule has 3 heterocycles. The lowest BCUT2D eigenvalue weighted by Crippen LogP contribution is -2.36. The summed E-state index contributed by atoms with van der Waals surface area (Å²) in [6, 6.07) is 12.8. The first-order valence-corrected chi connectivity index (χ1v) is 13.6. The summed E-state index contributed by atoms with van der Waals surface area (Å²) in [5.41, 5.74) is 6.28. The highest BCUT2D eigenvalue weighted by atomic mass is 35.5. The molecule has 192 valence electrons. The number of piperidine rings is 1. The molecule has 0 spiro atoms. The first kappa shape index (κ1) is 24.3. The number of hydrogen-bond donors (Lipinski definition) is 2. The fourth-order valence-electron chi connectivity index (χ4n) is 5.36. The number of aliphatic hydroxyl groups excluding tert-OH is 1. The molecule has 1 aliphatic heterocycles. The van der Waals surface area contributed by atoms with Crippen molar-refractivity contribution in [3.63, 3.8) is 0 Å². The van der Waals surface area contributed by atoms with E-state index in [-0.39, 0.29) is 0 Å². The van der Waals surface area contributed by atoms with Crippen LogP contribution < -0.4 is 5.32 Å².